The lowest BCUT2D eigenvalue weighted by molar-refractivity contribution is -0.193. The van der Waals surface area contributed by atoms with Crippen LogP contribution >= 0.6 is 0 Å². The minimum atomic E-state index is -0.494. The zero-order valence-electron chi connectivity index (χ0n) is 6.19. The molecule has 11 heavy (non-hydrogen) atoms. The first-order valence-electron chi connectivity index (χ1n) is 3.19. The first-order valence-corrected chi connectivity index (χ1v) is 3.19. The Kier molecular flexibility index (Phi) is 2.15. The van der Waals surface area contributed by atoms with Gasteiger partial charge in [0.05, 0.1) is 6.20 Å². The van der Waals surface area contributed by atoms with E-state index in [2.05, 4.69) is 6.58 Å². The molecule has 0 aliphatic carbocycles. The normalized spacial score (nSPS) is 21.2. The molecule has 0 fully saturated rings. The summed E-state index contributed by atoms with van der Waals surface area (Å²) in [6, 6.07) is 0. The highest BCUT2D eigenvalue weighted by atomic mass is 16.7. The smallest absolute Gasteiger partial charge is 0.355 e. The molecule has 4 nitrogen and oxygen atoms in total. The van der Waals surface area contributed by atoms with E-state index in [1.165, 1.54) is 17.5 Å². The molecule has 0 spiro atoms. The number of carbonyl (C=O) groups is 1. The van der Waals surface area contributed by atoms with Gasteiger partial charge in [-0.2, -0.15) is 5.06 Å². The molecule has 0 N–H and O–H groups in total. The molecule has 1 aliphatic heterocycles. The van der Waals surface area contributed by atoms with Gasteiger partial charge in [0, 0.05) is 6.08 Å². The van der Waals surface area contributed by atoms with Crippen molar-refractivity contribution >= 4 is 5.97 Å². The largest absolute Gasteiger partial charge is 0.474 e. The van der Waals surface area contributed by atoms with Crippen molar-refractivity contribution in [3.63, 3.8) is 0 Å². The van der Waals surface area contributed by atoms with Crippen molar-refractivity contribution in [3.05, 3.63) is 25.1 Å². The van der Waals surface area contributed by atoms with Crippen LogP contribution in [0.5, 0.6) is 0 Å². The number of rotatable bonds is 2. The zero-order valence-corrected chi connectivity index (χ0v) is 6.19. The SMILES string of the molecule is C=CC(=O)ON1C=COC1C. The highest BCUT2D eigenvalue weighted by Crippen LogP contribution is 2.10. The monoisotopic (exact) mass is 155 g/mol. The highest BCUT2D eigenvalue weighted by Gasteiger charge is 2.17. The van der Waals surface area contributed by atoms with Crippen molar-refractivity contribution in [2.24, 2.45) is 0 Å². The van der Waals surface area contributed by atoms with Crippen molar-refractivity contribution in [1.82, 2.24) is 5.06 Å². The van der Waals surface area contributed by atoms with Crippen LogP contribution in [0.3, 0.4) is 0 Å². The van der Waals surface area contributed by atoms with Gasteiger partial charge in [0.2, 0.25) is 6.23 Å². The average molecular weight is 155 g/mol. The van der Waals surface area contributed by atoms with Gasteiger partial charge in [-0.1, -0.05) is 6.58 Å². The first-order chi connectivity index (χ1) is 5.24. The second-order valence-corrected chi connectivity index (χ2v) is 1.99. The van der Waals surface area contributed by atoms with Crippen LogP contribution in [0, 0.1) is 0 Å². The molecule has 0 saturated carbocycles. The quantitative estimate of drug-likeness (QED) is 0.552. The second-order valence-electron chi connectivity index (χ2n) is 1.99. The molecule has 1 heterocycles. The summed E-state index contributed by atoms with van der Waals surface area (Å²) < 4.78 is 4.94. The van der Waals surface area contributed by atoms with Gasteiger partial charge in [0.15, 0.2) is 0 Å². The Hall–Kier alpha value is -1.45. The van der Waals surface area contributed by atoms with Gasteiger partial charge in [0.1, 0.15) is 6.26 Å². The van der Waals surface area contributed by atoms with Crippen molar-refractivity contribution in [3.8, 4) is 0 Å². The lowest BCUT2D eigenvalue weighted by Crippen LogP contribution is -2.27. The maximum absolute atomic E-state index is 10.6. The number of ether oxygens (including phenoxy) is 1. The van der Waals surface area contributed by atoms with Crippen LogP contribution in [0.2, 0.25) is 0 Å². The summed E-state index contributed by atoms with van der Waals surface area (Å²) in [7, 11) is 0. The zero-order chi connectivity index (χ0) is 8.27. The Balaban J connectivity index is 2.42. The van der Waals surface area contributed by atoms with E-state index in [4.69, 9.17) is 9.57 Å². The Morgan fingerprint density at radius 1 is 1.91 bits per heavy atom. The third kappa shape index (κ3) is 1.73. The molecule has 1 aliphatic rings. The van der Waals surface area contributed by atoms with Crippen LogP contribution in [0.15, 0.2) is 25.1 Å². The van der Waals surface area contributed by atoms with Gasteiger partial charge >= 0.3 is 5.97 Å². The molecule has 0 radical (unpaired) electrons. The van der Waals surface area contributed by atoms with Crippen LogP contribution < -0.4 is 0 Å². The fraction of sp³-hybridized carbons (Fsp3) is 0.286. The van der Waals surface area contributed by atoms with Crippen molar-refractivity contribution < 1.29 is 14.4 Å². The number of carbonyl (C=O) groups excluding carboxylic acids is 1. The fourth-order valence-electron chi connectivity index (χ4n) is 0.636. The first kappa shape index (κ1) is 7.65. The highest BCUT2D eigenvalue weighted by molar-refractivity contribution is 5.80. The molecular formula is C7H9NO3. The third-order valence-electron chi connectivity index (χ3n) is 1.20. The molecule has 0 amide bonds. The predicted octanol–water partition coefficient (Wildman–Crippen LogP) is 0.780. The van der Waals surface area contributed by atoms with Gasteiger partial charge in [-0.15, -0.1) is 0 Å². The number of nitrogens with zero attached hydrogens (tertiary/aromatic N) is 1. The van der Waals surface area contributed by atoms with E-state index in [0.29, 0.717) is 0 Å². The van der Waals surface area contributed by atoms with Gasteiger partial charge < -0.3 is 9.57 Å². The summed E-state index contributed by atoms with van der Waals surface area (Å²) in [6.45, 7) is 5.02. The maximum atomic E-state index is 10.6. The van der Waals surface area contributed by atoms with E-state index in [9.17, 15) is 4.79 Å². The molecule has 1 unspecified atom stereocenters. The average Bonchev–Trinajstić information content (AvgIpc) is 2.37. The van der Waals surface area contributed by atoms with E-state index in [-0.39, 0.29) is 6.23 Å². The molecule has 60 valence electrons. The fourth-order valence-corrected chi connectivity index (χ4v) is 0.636. The van der Waals surface area contributed by atoms with E-state index >= 15 is 0 Å². The number of hydroxylamine groups is 2. The summed E-state index contributed by atoms with van der Waals surface area (Å²) in [6.07, 6.45) is 3.84. The lowest BCUT2D eigenvalue weighted by Gasteiger charge is -2.17. The molecule has 1 rings (SSSR count). The van der Waals surface area contributed by atoms with E-state index < -0.39 is 5.97 Å². The van der Waals surface area contributed by atoms with E-state index in [1.807, 2.05) is 0 Å². The Morgan fingerprint density at radius 2 is 2.64 bits per heavy atom. The molecule has 0 aromatic heterocycles. The Bertz CT molecular complexity index is 200. The Labute approximate surface area is 64.6 Å². The van der Waals surface area contributed by atoms with Crippen LogP contribution in [0.4, 0.5) is 0 Å². The molecule has 0 bridgehead atoms. The summed E-state index contributed by atoms with van der Waals surface area (Å²) in [5.74, 6) is -0.494. The van der Waals surface area contributed by atoms with Crippen LogP contribution in [0.25, 0.3) is 0 Å². The van der Waals surface area contributed by atoms with Crippen LogP contribution in [0.1, 0.15) is 6.92 Å². The van der Waals surface area contributed by atoms with Gasteiger partial charge in [0.25, 0.3) is 0 Å². The molecule has 0 aromatic rings. The molecular weight excluding hydrogens is 146 g/mol. The minimum absolute atomic E-state index is 0.251. The maximum Gasteiger partial charge on any atom is 0.355 e. The molecule has 4 heteroatoms. The van der Waals surface area contributed by atoms with E-state index in [0.717, 1.165) is 6.08 Å². The summed E-state index contributed by atoms with van der Waals surface area (Å²) >= 11 is 0. The van der Waals surface area contributed by atoms with Gasteiger partial charge in [-0.05, 0) is 6.92 Å². The summed E-state index contributed by atoms with van der Waals surface area (Å²) in [4.78, 5) is 15.4. The number of hydrogen-bond donors (Lipinski definition) is 0. The van der Waals surface area contributed by atoms with E-state index in [1.54, 1.807) is 6.92 Å². The van der Waals surface area contributed by atoms with Crippen LogP contribution in [-0.2, 0) is 14.4 Å². The minimum Gasteiger partial charge on any atom is -0.474 e. The van der Waals surface area contributed by atoms with Crippen molar-refractivity contribution in [2.45, 2.75) is 13.2 Å². The Morgan fingerprint density at radius 3 is 3.09 bits per heavy atom. The summed E-state index contributed by atoms with van der Waals surface area (Å²) in [5.41, 5.74) is 0. The topological polar surface area (TPSA) is 38.8 Å². The standard InChI is InChI=1S/C7H9NO3/c1-3-7(9)11-8-4-5-10-6(8)2/h3-6H,1H2,2H3. The van der Waals surface area contributed by atoms with Gasteiger partial charge in [-0.3, -0.25) is 0 Å². The van der Waals surface area contributed by atoms with Gasteiger partial charge in [-0.25, -0.2) is 4.79 Å². The van der Waals surface area contributed by atoms with Crippen molar-refractivity contribution in [2.75, 3.05) is 0 Å². The lowest BCUT2D eigenvalue weighted by atomic mass is 10.6. The third-order valence-corrected chi connectivity index (χ3v) is 1.20. The van der Waals surface area contributed by atoms with Crippen LogP contribution in [-0.4, -0.2) is 17.3 Å². The van der Waals surface area contributed by atoms with Crippen molar-refractivity contribution in [1.29, 1.82) is 0 Å². The second kappa shape index (κ2) is 3.09. The molecule has 1 atom stereocenters. The summed E-state index contributed by atoms with van der Waals surface area (Å²) in [5, 5.41) is 1.31. The molecule has 0 saturated heterocycles. The predicted molar refractivity (Wildman–Crippen MR) is 37.8 cm³/mol. The molecule has 0 aromatic carbocycles. The number of hydrogen-bond acceptors (Lipinski definition) is 4.